The van der Waals surface area contributed by atoms with E-state index in [0.29, 0.717) is 6.54 Å². The van der Waals surface area contributed by atoms with Gasteiger partial charge in [-0.1, -0.05) is 26.2 Å². The first-order valence-corrected chi connectivity index (χ1v) is 8.38. The molecule has 4 heteroatoms. The molecular weight excluding hydrogens is 266 g/mol. The monoisotopic (exact) mass is 299 g/mol. The summed E-state index contributed by atoms with van der Waals surface area (Å²) >= 11 is 0. The van der Waals surface area contributed by atoms with Crippen LogP contribution in [-0.4, -0.2) is 41.9 Å². The van der Waals surface area contributed by atoms with Crippen LogP contribution in [0.5, 0.6) is 0 Å². The Labute approximate surface area is 130 Å². The molecule has 1 amide bonds. The number of hydrogen-bond donors (Lipinski definition) is 0. The van der Waals surface area contributed by atoms with E-state index in [2.05, 4.69) is 13.8 Å². The van der Waals surface area contributed by atoms with Gasteiger partial charge in [0.15, 0.2) is 0 Å². The molecule has 1 aliphatic rings. The lowest BCUT2D eigenvalue weighted by Crippen LogP contribution is -2.51. The molecule has 21 heavy (non-hydrogen) atoms. The summed E-state index contributed by atoms with van der Waals surface area (Å²) in [5.41, 5.74) is -0.659. The molecule has 1 rings (SSSR count). The maximum absolute atomic E-state index is 12.2. The Morgan fingerprint density at radius 2 is 1.95 bits per heavy atom. The number of nitrogens with zero attached hydrogens (tertiary/aromatic N) is 1. The molecule has 4 nitrogen and oxygen atoms in total. The fourth-order valence-electron chi connectivity index (χ4n) is 2.65. The molecule has 0 radical (unpaired) electrons. The largest absolute Gasteiger partial charge is 0.444 e. The van der Waals surface area contributed by atoms with Crippen molar-refractivity contribution in [3.8, 4) is 0 Å². The van der Waals surface area contributed by atoms with Crippen LogP contribution in [0.15, 0.2) is 0 Å². The highest BCUT2D eigenvalue weighted by Crippen LogP contribution is 2.26. The summed E-state index contributed by atoms with van der Waals surface area (Å²) in [4.78, 5) is 14.0. The van der Waals surface area contributed by atoms with Gasteiger partial charge in [-0.25, -0.2) is 4.79 Å². The van der Waals surface area contributed by atoms with E-state index >= 15 is 0 Å². The van der Waals surface area contributed by atoms with Crippen molar-refractivity contribution < 1.29 is 14.3 Å². The fourth-order valence-corrected chi connectivity index (χ4v) is 2.65. The minimum absolute atomic E-state index is 0.219. The van der Waals surface area contributed by atoms with Crippen molar-refractivity contribution in [2.45, 2.75) is 84.3 Å². The lowest BCUT2D eigenvalue weighted by molar-refractivity contribution is -0.0806. The van der Waals surface area contributed by atoms with Crippen molar-refractivity contribution in [1.82, 2.24) is 4.90 Å². The summed E-state index contributed by atoms with van der Waals surface area (Å²) in [6, 6.07) is 0. The standard InChI is InChI=1S/C17H33NO3/c1-6-7-8-9-13-20-17(5)11-10-12-18(14-17)15(19)21-16(2,3)4/h6-14H2,1-5H3. The first kappa shape index (κ1) is 18.3. The summed E-state index contributed by atoms with van der Waals surface area (Å²) < 4.78 is 11.5. The molecule has 1 atom stereocenters. The van der Waals surface area contributed by atoms with Gasteiger partial charge >= 0.3 is 6.09 Å². The summed E-state index contributed by atoms with van der Waals surface area (Å²) in [6.07, 6.45) is 6.61. The number of amides is 1. The highest BCUT2D eigenvalue weighted by atomic mass is 16.6. The lowest BCUT2D eigenvalue weighted by Gasteiger charge is -2.40. The minimum atomic E-state index is -0.439. The van der Waals surface area contributed by atoms with Crippen LogP contribution in [-0.2, 0) is 9.47 Å². The van der Waals surface area contributed by atoms with Crippen LogP contribution >= 0.6 is 0 Å². The molecule has 0 aromatic heterocycles. The quantitative estimate of drug-likeness (QED) is 0.683. The number of unbranched alkanes of at least 4 members (excludes halogenated alkanes) is 3. The average molecular weight is 299 g/mol. The Kier molecular flexibility index (Phi) is 6.98. The van der Waals surface area contributed by atoms with Crippen molar-refractivity contribution in [3.63, 3.8) is 0 Å². The highest BCUT2D eigenvalue weighted by Gasteiger charge is 2.35. The molecule has 0 aromatic rings. The smallest absolute Gasteiger partial charge is 0.410 e. The third-order valence-corrected chi connectivity index (χ3v) is 3.76. The van der Waals surface area contributed by atoms with E-state index in [-0.39, 0.29) is 11.7 Å². The van der Waals surface area contributed by atoms with Gasteiger partial charge in [-0.15, -0.1) is 0 Å². The maximum Gasteiger partial charge on any atom is 0.410 e. The van der Waals surface area contributed by atoms with Gasteiger partial charge in [0.2, 0.25) is 0 Å². The zero-order valence-electron chi connectivity index (χ0n) is 14.5. The number of likely N-dealkylation sites (tertiary alicyclic amines) is 1. The molecular formula is C17H33NO3. The number of hydrogen-bond acceptors (Lipinski definition) is 3. The molecule has 1 heterocycles. The van der Waals surface area contributed by atoms with Gasteiger partial charge in [-0.3, -0.25) is 0 Å². The van der Waals surface area contributed by atoms with E-state index in [1.54, 1.807) is 4.90 Å². The number of rotatable bonds is 6. The van der Waals surface area contributed by atoms with Gasteiger partial charge < -0.3 is 14.4 Å². The molecule has 0 bridgehead atoms. The van der Waals surface area contributed by atoms with Crippen molar-refractivity contribution in [3.05, 3.63) is 0 Å². The van der Waals surface area contributed by atoms with Crippen LogP contribution in [0.3, 0.4) is 0 Å². The van der Waals surface area contributed by atoms with E-state index in [0.717, 1.165) is 32.4 Å². The summed E-state index contributed by atoms with van der Waals surface area (Å²) in [6.45, 7) is 12.2. The number of piperidine rings is 1. The minimum Gasteiger partial charge on any atom is -0.444 e. The van der Waals surface area contributed by atoms with Gasteiger partial charge in [0.05, 0.1) is 12.1 Å². The van der Waals surface area contributed by atoms with Crippen LogP contribution < -0.4 is 0 Å². The highest BCUT2D eigenvalue weighted by molar-refractivity contribution is 5.68. The van der Waals surface area contributed by atoms with E-state index in [1.807, 2.05) is 20.8 Å². The van der Waals surface area contributed by atoms with Gasteiger partial charge in [-0.05, 0) is 47.0 Å². The van der Waals surface area contributed by atoms with Gasteiger partial charge in [-0.2, -0.15) is 0 Å². The third-order valence-electron chi connectivity index (χ3n) is 3.76. The normalized spacial score (nSPS) is 23.2. The second-order valence-electron chi connectivity index (χ2n) is 7.36. The Hall–Kier alpha value is -0.770. The average Bonchev–Trinajstić information content (AvgIpc) is 2.36. The SMILES string of the molecule is CCCCCCOC1(C)CCCN(C(=O)OC(C)(C)C)C1. The molecule has 0 N–H and O–H groups in total. The van der Waals surface area contributed by atoms with Gasteiger partial charge in [0.1, 0.15) is 5.60 Å². The zero-order chi connectivity index (χ0) is 15.9. The van der Waals surface area contributed by atoms with E-state index in [1.165, 1.54) is 19.3 Å². The van der Waals surface area contributed by atoms with Crippen LogP contribution in [0.1, 0.15) is 73.1 Å². The second kappa shape index (κ2) is 8.02. The number of carbonyl (C=O) groups excluding carboxylic acids is 1. The van der Waals surface area contributed by atoms with Crippen LogP contribution in [0.4, 0.5) is 4.79 Å². The third kappa shape index (κ3) is 7.16. The predicted molar refractivity (Wildman–Crippen MR) is 85.5 cm³/mol. The molecule has 1 fully saturated rings. The number of carbonyl (C=O) groups is 1. The van der Waals surface area contributed by atoms with Crippen LogP contribution in [0.25, 0.3) is 0 Å². The molecule has 0 aromatic carbocycles. The van der Waals surface area contributed by atoms with E-state index in [9.17, 15) is 4.79 Å². The molecule has 0 spiro atoms. The van der Waals surface area contributed by atoms with Gasteiger partial charge in [0.25, 0.3) is 0 Å². The molecule has 0 saturated carbocycles. The van der Waals surface area contributed by atoms with Crippen LogP contribution in [0.2, 0.25) is 0 Å². The Morgan fingerprint density at radius 1 is 1.24 bits per heavy atom. The first-order valence-electron chi connectivity index (χ1n) is 8.38. The summed E-state index contributed by atoms with van der Waals surface area (Å²) in [5.74, 6) is 0. The Morgan fingerprint density at radius 3 is 2.57 bits per heavy atom. The molecule has 1 unspecified atom stereocenters. The van der Waals surface area contributed by atoms with Crippen molar-refractivity contribution in [2.75, 3.05) is 19.7 Å². The molecule has 1 aliphatic heterocycles. The molecule has 1 saturated heterocycles. The second-order valence-corrected chi connectivity index (χ2v) is 7.36. The fraction of sp³-hybridized carbons (Fsp3) is 0.941. The molecule has 124 valence electrons. The van der Waals surface area contributed by atoms with Crippen LogP contribution in [0, 0.1) is 0 Å². The molecule has 0 aliphatic carbocycles. The van der Waals surface area contributed by atoms with E-state index in [4.69, 9.17) is 9.47 Å². The first-order chi connectivity index (χ1) is 9.76. The topological polar surface area (TPSA) is 38.8 Å². The summed E-state index contributed by atoms with van der Waals surface area (Å²) in [7, 11) is 0. The maximum atomic E-state index is 12.2. The van der Waals surface area contributed by atoms with Crippen molar-refractivity contribution >= 4 is 6.09 Å². The van der Waals surface area contributed by atoms with Crippen molar-refractivity contribution in [2.24, 2.45) is 0 Å². The summed E-state index contributed by atoms with van der Waals surface area (Å²) in [5, 5.41) is 0. The predicted octanol–water partition coefficient (Wildman–Crippen LogP) is 4.37. The van der Waals surface area contributed by atoms with Gasteiger partial charge in [0, 0.05) is 13.2 Å². The zero-order valence-corrected chi connectivity index (χ0v) is 14.5. The Bertz CT molecular complexity index is 324. The van der Waals surface area contributed by atoms with Crippen molar-refractivity contribution in [1.29, 1.82) is 0 Å². The van der Waals surface area contributed by atoms with E-state index < -0.39 is 5.60 Å². The lowest BCUT2D eigenvalue weighted by atomic mass is 9.95. The Balaban J connectivity index is 2.41. The number of ether oxygens (including phenoxy) is 2.